The van der Waals surface area contributed by atoms with Gasteiger partial charge in [-0.2, -0.15) is 0 Å². The number of aromatic nitrogens is 6. The molecule has 384 valence electrons. The third-order valence-corrected chi connectivity index (χ3v) is 10.2. The lowest BCUT2D eigenvalue weighted by Gasteiger charge is -2.23. The van der Waals surface area contributed by atoms with Gasteiger partial charge in [-0.1, -0.05) is 46.3 Å². The maximum absolute atomic E-state index is 12.2. The Morgan fingerprint density at radius 3 is 1.53 bits per heavy atom. The van der Waals surface area contributed by atoms with E-state index in [1.54, 1.807) is 48.5 Å². The van der Waals surface area contributed by atoms with E-state index in [-0.39, 0.29) is 58.9 Å². The Balaban J connectivity index is 0.000000207. The Hall–Kier alpha value is -9.26. The number of phenolic OH excluding ortho intramolecular Hbond substituents is 1. The molecule has 3 aromatic heterocycles. The Morgan fingerprint density at radius 2 is 1.08 bits per heavy atom. The van der Waals surface area contributed by atoms with Crippen molar-refractivity contribution in [3.63, 3.8) is 0 Å². The number of aryl methyl sites for hydroxylation is 1. The summed E-state index contributed by atoms with van der Waals surface area (Å²) in [4.78, 5) is 61.5. The van der Waals surface area contributed by atoms with Gasteiger partial charge in [-0.05, 0) is 86.8 Å². The van der Waals surface area contributed by atoms with Crippen molar-refractivity contribution in [1.82, 2.24) is 40.5 Å². The number of rotatable bonds is 16. The molecule has 25 nitrogen and oxygen atoms in total. The number of hydrogen-bond donors (Lipinski definition) is 8. The molecule has 0 atom stereocenters. The summed E-state index contributed by atoms with van der Waals surface area (Å²) < 4.78 is 17.1. The number of benzene rings is 3. The number of nitrogen functional groups attached to an aromatic ring is 3. The summed E-state index contributed by atoms with van der Waals surface area (Å²) in [5.74, 6) is 2.93. The lowest BCUT2D eigenvalue weighted by Crippen LogP contribution is -2.39. The van der Waals surface area contributed by atoms with Gasteiger partial charge in [0.05, 0.1) is 29.4 Å². The van der Waals surface area contributed by atoms with Crippen molar-refractivity contribution in [2.45, 2.75) is 52.0 Å². The second kappa shape index (κ2) is 28.4. The maximum Gasteiger partial charge on any atom is 0.319 e. The molecule has 0 spiro atoms. The highest BCUT2D eigenvalue weighted by Gasteiger charge is 2.18. The monoisotopic (exact) mass is 1020 g/mol. The number of hydrogen-bond acceptors (Lipinski definition) is 21. The van der Waals surface area contributed by atoms with Crippen molar-refractivity contribution < 1.29 is 43.4 Å². The van der Waals surface area contributed by atoms with Gasteiger partial charge in [-0.3, -0.25) is 0 Å². The van der Waals surface area contributed by atoms with Crippen LogP contribution in [-0.2, 0) is 14.5 Å². The Labute approximate surface area is 424 Å². The molecule has 3 aromatic carbocycles. The van der Waals surface area contributed by atoms with E-state index in [1.165, 1.54) is 77.5 Å². The molecule has 26 heteroatoms. The van der Waals surface area contributed by atoms with Crippen LogP contribution in [0.5, 0.6) is 40.6 Å². The largest absolute Gasteiger partial charge is 0.508 e. The fourth-order valence-corrected chi connectivity index (χ4v) is 6.59. The van der Waals surface area contributed by atoms with Gasteiger partial charge in [0, 0.05) is 24.3 Å². The van der Waals surface area contributed by atoms with Gasteiger partial charge >= 0.3 is 12.1 Å². The number of carbonyl (C=O) groups is 2. The molecule has 4 amide bonds. The minimum Gasteiger partial charge on any atom is -0.508 e. The molecule has 0 bridgehead atoms. The lowest BCUT2D eigenvalue weighted by atomic mass is 9.96. The van der Waals surface area contributed by atoms with Crippen molar-refractivity contribution in [1.29, 1.82) is 0 Å². The van der Waals surface area contributed by atoms with Crippen LogP contribution in [0.1, 0.15) is 61.3 Å². The fraction of sp³-hybridized carbons (Fsp3) is 0.255. The lowest BCUT2D eigenvalue weighted by molar-refractivity contribution is 0.215. The molecule has 1 aliphatic carbocycles. The van der Waals surface area contributed by atoms with Crippen molar-refractivity contribution in [3.8, 4) is 40.6 Å². The Morgan fingerprint density at radius 1 is 0.644 bits per heavy atom. The summed E-state index contributed by atoms with van der Waals surface area (Å²) in [5.41, 5.74) is 20.6. The normalized spacial score (nSPS) is 12.1. The number of ether oxygens (including phenoxy) is 3. The van der Waals surface area contributed by atoms with E-state index in [1.807, 2.05) is 13.8 Å². The van der Waals surface area contributed by atoms with Gasteiger partial charge in [-0.15, -0.1) is 0 Å². The summed E-state index contributed by atoms with van der Waals surface area (Å²) in [6.45, 7) is 4.25. The topological polar surface area (TPSA) is 350 Å². The quantitative estimate of drug-likeness (QED) is 0.0339. The van der Waals surface area contributed by atoms with Gasteiger partial charge in [0.1, 0.15) is 97.5 Å². The van der Waals surface area contributed by atoms with Crippen LogP contribution in [0, 0.1) is 6.92 Å². The van der Waals surface area contributed by atoms with E-state index in [0.29, 0.717) is 56.9 Å². The molecule has 7 rings (SSSR count). The van der Waals surface area contributed by atoms with E-state index in [4.69, 9.17) is 43.0 Å². The van der Waals surface area contributed by atoms with Gasteiger partial charge in [0.25, 0.3) is 0 Å². The van der Waals surface area contributed by atoms with Crippen molar-refractivity contribution in [2.75, 3.05) is 55.7 Å². The van der Waals surface area contributed by atoms with Crippen molar-refractivity contribution in [3.05, 3.63) is 107 Å². The number of nitrogens with two attached hydrogens (primary N) is 3. The summed E-state index contributed by atoms with van der Waals surface area (Å²) in [6.07, 6.45) is 13.5. The number of carbonyl (C=O) groups excluding carboxylic acids is 2. The number of aromatic hydroxyl groups is 1. The average molecular weight is 1020 g/mol. The second-order valence-corrected chi connectivity index (χ2v) is 15.4. The number of amides is 4. The summed E-state index contributed by atoms with van der Waals surface area (Å²) in [6, 6.07) is 16.0. The van der Waals surface area contributed by atoms with Crippen molar-refractivity contribution in [2.24, 2.45) is 15.5 Å². The average Bonchev–Trinajstić information content (AvgIpc) is 3.37. The van der Waals surface area contributed by atoms with E-state index >= 15 is 0 Å². The molecule has 11 N–H and O–H groups in total. The molecule has 0 aliphatic heterocycles. The number of anilines is 5. The first-order valence-corrected chi connectivity index (χ1v) is 22.6. The van der Waals surface area contributed by atoms with Gasteiger partial charge in [-0.25, -0.2) is 39.5 Å². The molecule has 3 heterocycles. The molecular weight excluding hydrogens is 968 g/mol. The van der Waals surface area contributed by atoms with Gasteiger partial charge in [0.15, 0.2) is 0 Å². The first kappa shape index (κ1) is 54.7. The van der Waals surface area contributed by atoms with Crippen LogP contribution in [0.2, 0.25) is 5.02 Å². The predicted octanol–water partition coefficient (Wildman–Crippen LogP) is 7.76. The third kappa shape index (κ3) is 17.3. The van der Waals surface area contributed by atoms with E-state index < -0.39 is 0 Å². The molecule has 73 heavy (non-hydrogen) atoms. The van der Waals surface area contributed by atoms with Gasteiger partial charge in [0.2, 0.25) is 17.6 Å². The summed E-state index contributed by atoms with van der Waals surface area (Å²) in [5, 5.41) is 31.7. The number of urea groups is 2. The first-order valence-electron chi connectivity index (χ1n) is 22.2. The second-order valence-electron chi connectivity index (χ2n) is 15.0. The highest BCUT2D eigenvalue weighted by atomic mass is 35.5. The zero-order valence-electron chi connectivity index (χ0n) is 40.4. The third-order valence-electron chi connectivity index (χ3n) is 9.89. The molecule has 1 aliphatic rings. The zero-order chi connectivity index (χ0) is 52.5. The summed E-state index contributed by atoms with van der Waals surface area (Å²) >= 11 is 6.31. The number of oxime groups is 3. The van der Waals surface area contributed by atoms with Crippen LogP contribution in [0.3, 0.4) is 0 Å². The Bertz CT molecular complexity index is 2850. The number of nitrogens with zero attached hydrogens (tertiary/aromatic N) is 9. The zero-order valence-corrected chi connectivity index (χ0v) is 41.2. The number of halogens is 1. The number of nitrogens with one attached hydrogen (secondary N) is 4. The minimum atomic E-state index is -0.269. The standard InChI is InChI=1S/C19H23ClN6O3.C16H20N6O3.C12H12N4O3/c1-28-24-10-14-17(21)22-11-23-18(14)29-13-7-8-16(15(20)9-13)26-19(27)25-12-5-3-2-4-6-12;1-4-18-16(23)22-13-6-5-11(7-10(13)2)25-15-12(8-21-24-3)14(17)19-9-20-15;1-18-16-6-10-11(13)14-7-15-12(10)19-9-4-2-8(17)3-5-9/h7-12H,2-6H2,1H3,(H2,21,22,23)(H2,25,26,27);5-9H,4H2,1-3H3,(H2,17,19,20)(H2,18,22,23);2-7,17H,1H3,(H2,13,14,15)/b24-10+;21-8+;16-6+. The molecular formula is C47H55ClN16O9. The SMILES string of the molecule is CCNC(=O)Nc1ccc(Oc2ncnc(N)c2/C=N/OC)cc1C.CO/N=C/c1c(N)ncnc1Oc1ccc(NC(=O)NC2CCCCC2)c(Cl)c1.CO/N=C/c1c(N)ncnc1Oc1ccc(O)cc1. The van der Waals surface area contributed by atoms with Crippen molar-refractivity contribution >= 4 is 71.1 Å². The molecule has 0 radical (unpaired) electrons. The van der Waals surface area contributed by atoms with Crippen LogP contribution in [0.15, 0.2) is 95.1 Å². The number of phenols is 1. The van der Waals surface area contributed by atoms with E-state index in [0.717, 1.165) is 31.2 Å². The Kier molecular flexibility index (Phi) is 21.3. The smallest absolute Gasteiger partial charge is 0.319 e. The van der Waals surface area contributed by atoms with Crippen LogP contribution < -0.4 is 52.7 Å². The predicted molar refractivity (Wildman–Crippen MR) is 276 cm³/mol. The van der Waals surface area contributed by atoms with Crippen LogP contribution in [-0.4, -0.2) is 99.6 Å². The van der Waals surface area contributed by atoms with Crippen LogP contribution >= 0.6 is 11.6 Å². The first-order chi connectivity index (χ1) is 35.3. The minimum absolute atomic E-state index is 0.149. The molecule has 0 unspecified atom stereocenters. The van der Waals surface area contributed by atoms with Crippen LogP contribution in [0.4, 0.5) is 38.4 Å². The van der Waals surface area contributed by atoms with E-state index in [2.05, 4.69) is 81.2 Å². The fourth-order valence-electron chi connectivity index (χ4n) is 6.37. The molecule has 1 fully saturated rings. The van der Waals surface area contributed by atoms with Crippen LogP contribution in [0.25, 0.3) is 0 Å². The summed E-state index contributed by atoms with van der Waals surface area (Å²) in [7, 11) is 4.24. The molecule has 1 saturated carbocycles. The highest BCUT2D eigenvalue weighted by molar-refractivity contribution is 6.33. The van der Waals surface area contributed by atoms with Gasteiger partial charge < -0.3 is 72.3 Å². The highest BCUT2D eigenvalue weighted by Crippen LogP contribution is 2.32. The van der Waals surface area contributed by atoms with E-state index in [9.17, 15) is 14.7 Å². The maximum atomic E-state index is 12.2. The molecule has 6 aromatic rings. The molecule has 0 saturated heterocycles.